The average molecular weight is 252 g/mol. The van der Waals surface area contributed by atoms with Crippen molar-refractivity contribution in [2.24, 2.45) is 5.73 Å². The summed E-state index contributed by atoms with van der Waals surface area (Å²) in [6.07, 6.45) is 1.58. The van der Waals surface area contributed by atoms with Crippen LogP contribution in [0, 0.1) is 6.92 Å². The molecule has 0 atom stereocenters. The zero-order chi connectivity index (χ0) is 12.4. The van der Waals surface area contributed by atoms with E-state index in [-0.39, 0.29) is 24.2 Å². The van der Waals surface area contributed by atoms with E-state index in [1.165, 1.54) is 0 Å². The second kappa shape index (κ2) is 4.77. The van der Waals surface area contributed by atoms with E-state index in [4.69, 9.17) is 10.2 Å². The zero-order valence-corrected chi connectivity index (χ0v) is 10.1. The van der Waals surface area contributed by atoms with Crippen molar-refractivity contribution >= 4 is 29.0 Å². The third kappa shape index (κ3) is 2.42. The van der Waals surface area contributed by atoms with Gasteiger partial charge < -0.3 is 10.2 Å². The standard InChI is InChI=1S/C11H12N2O3S/c1-7-2-3-8(16-7)6-9-10(14)13(5-4-12)11(15)17-9/h2-3,6H,4-5,12H2,1H3/b9-6-. The molecule has 2 amide bonds. The van der Waals surface area contributed by atoms with Crippen molar-refractivity contribution in [3.63, 3.8) is 0 Å². The molecule has 1 aliphatic rings. The first-order valence-electron chi connectivity index (χ1n) is 5.13. The quantitative estimate of drug-likeness (QED) is 0.826. The van der Waals surface area contributed by atoms with Gasteiger partial charge in [-0.05, 0) is 30.8 Å². The highest BCUT2D eigenvalue weighted by atomic mass is 32.2. The Hall–Kier alpha value is -1.53. The van der Waals surface area contributed by atoms with Gasteiger partial charge in [0.15, 0.2) is 0 Å². The number of imide groups is 1. The van der Waals surface area contributed by atoms with Crippen LogP contribution in [0.4, 0.5) is 4.79 Å². The summed E-state index contributed by atoms with van der Waals surface area (Å²) >= 11 is 0.909. The van der Waals surface area contributed by atoms with Gasteiger partial charge in [0, 0.05) is 19.2 Å². The van der Waals surface area contributed by atoms with Gasteiger partial charge in [-0.1, -0.05) is 0 Å². The number of carbonyl (C=O) groups is 2. The minimum atomic E-state index is -0.306. The minimum absolute atomic E-state index is 0.249. The third-order valence-corrected chi connectivity index (χ3v) is 3.17. The van der Waals surface area contributed by atoms with Gasteiger partial charge in [-0.15, -0.1) is 0 Å². The van der Waals surface area contributed by atoms with Crippen LogP contribution in [0.5, 0.6) is 0 Å². The third-order valence-electron chi connectivity index (χ3n) is 2.26. The van der Waals surface area contributed by atoms with Crippen LogP contribution >= 0.6 is 11.8 Å². The van der Waals surface area contributed by atoms with Crippen LogP contribution in [0.3, 0.4) is 0 Å². The molecule has 0 aliphatic carbocycles. The van der Waals surface area contributed by atoms with Gasteiger partial charge in [0.1, 0.15) is 11.5 Å². The normalized spacial score (nSPS) is 18.5. The molecule has 1 aliphatic heterocycles. The second-order valence-electron chi connectivity index (χ2n) is 3.57. The van der Waals surface area contributed by atoms with Gasteiger partial charge >= 0.3 is 0 Å². The van der Waals surface area contributed by atoms with Crippen molar-refractivity contribution in [3.05, 3.63) is 28.6 Å². The van der Waals surface area contributed by atoms with Crippen molar-refractivity contribution in [1.29, 1.82) is 0 Å². The Morgan fingerprint density at radius 2 is 2.24 bits per heavy atom. The lowest BCUT2D eigenvalue weighted by atomic mass is 10.3. The van der Waals surface area contributed by atoms with Crippen LogP contribution in [0.1, 0.15) is 11.5 Å². The van der Waals surface area contributed by atoms with Crippen LogP contribution in [0.15, 0.2) is 21.5 Å². The summed E-state index contributed by atoms with van der Waals surface area (Å²) in [5.74, 6) is 1.03. The lowest BCUT2D eigenvalue weighted by Crippen LogP contribution is -2.33. The van der Waals surface area contributed by atoms with E-state index in [1.54, 1.807) is 18.2 Å². The fraction of sp³-hybridized carbons (Fsp3) is 0.273. The summed E-state index contributed by atoms with van der Waals surface area (Å²) in [6, 6.07) is 3.56. The lowest BCUT2D eigenvalue weighted by Gasteiger charge is -2.09. The van der Waals surface area contributed by atoms with E-state index in [0.29, 0.717) is 10.7 Å². The molecule has 0 bridgehead atoms. The highest BCUT2D eigenvalue weighted by Crippen LogP contribution is 2.31. The predicted octanol–water partition coefficient (Wildman–Crippen LogP) is 1.58. The Bertz CT molecular complexity index is 493. The topological polar surface area (TPSA) is 76.5 Å². The summed E-state index contributed by atoms with van der Waals surface area (Å²) < 4.78 is 5.33. The Morgan fingerprint density at radius 1 is 1.47 bits per heavy atom. The molecule has 0 radical (unpaired) electrons. The summed E-state index contributed by atoms with van der Waals surface area (Å²) in [5.41, 5.74) is 5.34. The molecule has 5 nitrogen and oxygen atoms in total. The molecule has 2 N–H and O–H groups in total. The van der Waals surface area contributed by atoms with E-state index in [9.17, 15) is 9.59 Å². The van der Waals surface area contributed by atoms with Gasteiger partial charge in [-0.3, -0.25) is 14.5 Å². The summed E-state index contributed by atoms with van der Waals surface area (Å²) in [5, 5.41) is -0.282. The van der Waals surface area contributed by atoms with E-state index in [2.05, 4.69) is 0 Å². The average Bonchev–Trinajstić information content (AvgIpc) is 2.79. The van der Waals surface area contributed by atoms with Crippen molar-refractivity contribution in [2.75, 3.05) is 13.1 Å². The molecule has 1 saturated heterocycles. The van der Waals surface area contributed by atoms with Crippen molar-refractivity contribution in [3.8, 4) is 0 Å². The van der Waals surface area contributed by atoms with Gasteiger partial charge in [0.05, 0.1) is 4.91 Å². The zero-order valence-electron chi connectivity index (χ0n) is 9.30. The molecular weight excluding hydrogens is 240 g/mol. The molecule has 6 heteroatoms. The van der Waals surface area contributed by atoms with Gasteiger partial charge in [-0.2, -0.15) is 0 Å². The van der Waals surface area contributed by atoms with Crippen molar-refractivity contribution in [1.82, 2.24) is 4.90 Å². The van der Waals surface area contributed by atoms with Crippen molar-refractivity contribution < 1.29 is 14.0 Å². The SMILES string of the molecule is Cc1ccc(/C=C2\SC(=O)N(CCN)C2=O)o1. The number of carbonyl (C=O) groups excluding carboxylic acids is 2. The number of nitrogens with zero attached hydrogens (tertiary/aromatic N) is 1. The Labute approximate surface area is 103 Å². The van der Waals surface area contributed by atoms with Crippen LogP contribution in [0.2, 0.25) is 0 Å². The molecule has 1 aromatic heterocycles. The maximum Gasteiger partial charge on any atom is 0.293 e. The number of aryl methyl sites for hydroxylation is 1. The van der Waals surface area contributed by atoms with Crippen LogP contribution < -0.4 is 5.73 Å². The van der Waals surface area contributed by atoms with Crippen LogP contribution in [-0.4, -0.2) is 29.1 Å². The largest absolute Gasteiger partial charge is 0.462 e. The molecule has 0 unspecified atom stereocenters. The monoisotopic (exact) mass is 252 g/mol. The second-order valence-corrected chi connectivity index (χ2v) is 4.56. The number of rotatable bonds is 3. The maximum atomic E-state index is 11.8. The molecule has 1 fully saturated rings. The first-order chi connectivity index (χ1) is 8.11. The number of hydrogen-bond acceptors (Lipinski definition) is 5. The van der Waals surface area contributed by atoms with E-state index in [0.717, 1.165) is 22.4 Å². The highest BCUT2D eigenvalue weighted by Gasteiger charge is 2.34. The van der Waals surface area contributed by atoms with Gasteiger partial charge in [0.25, 0.3) is 11.1 Å². The fourth-order valence-electron chi connectivity index (χ4n) is 1.48. The molecule has 1 aromatic rings. The maximum absolute atomic E-state index is 11.8. The molecule has 0 saturated carbocycles. The fourth-order valence-corrected chi connectivity index (χ4v) is 2.33. The predicted molar refractivity (Wildman–Crippen MR) is 65.2 cm³/mol. The molecule has 0 spiro atoms. The Balaban J connectivity index is 2.21. The summed E-state index contributed by atoms with van der Waals surface area (Å²) in [6.45, 7) is 2.34. The molecule has 2 heterocycles. The first-order valence-corrected chi connectivity index (χ1v) is 5.95. The summed E-state index contributed by atoms with van der Waals surface area (Å²) in [7, 11) is 0. The number of amides is 2. The van der Waals surface area contributed by atoms with Crippen molar-refractivity contribution in [2.45, 2.75) is 6.92 Å². The number of thioether (sulfide) groups is 1. The smallest absolute Gasteiger partial charge is 0.293 e. The van der Waals surface area contributed by atoms with Crippen LogP contribution in [-0.2, 0) is 4.79 Å². The Kier molecular flexibility index (Phi) is 3.35. The van der Waals surface area contributed by atoms with E-state index >= 15 is 0 Å². The van der Waals surface area contributed by atoms with E-state index in [1.807, 2.05) is 6.92 Å². The first kappa shape index (κ1) is 11.9. The highest BCUT2D eigenvalue weighted by molar-refractivity contribution is 8.18. The summed E-state index contributed by atoms with van der Waals surface area (Å²) in [4.78, 5) is 24.9. The molecule has 17 heavy (non-hydrogen) atoms. The molecule has 2 rings (SSSR count). The lowest BCUT2D eigenvalue weighted by molar-refractivity contribution is -0.122. The van der Waals surface area contributed by atoms with Gasteiger partial charge in [-0.25, -0.2) is 0 Å². The van der Waals surface area contributed by atoms with Crippen LogP contribution in [0.25, 0.3) is 6.08 Å². The molecular formula is C11H12N2O3S. The molecule has 0 aromatic carbocycles. The Morgan fingerprint density at radius 3 is 2.82 bits per heavy atom. The number of furan rings is 1. The van der Waals surface area contributed by atoms with E-state index < -0.39 is 0 Å². The molecule has 90 valence electrons. The van der Waals surface area contributed by atoms with Gasteiger partial charge in [0.2, 0.25) is 0 Å². The minimum Gasteiger partial charge on any atom is -0.462 e. The number of hydrogen-bond donors (Lipinski definition) is 1. The number of nitrogens with two attached hydrogens (primary N) is 1.